The van der Waals surface area contributed by atoms with E-state index in [0.29, 0.717) is 17.4 Å². The molecule has 102 valence electrons. The van der Waals surface area contributed by atoms with Crippen LogP contribution in [0.3, 0.4) is 0 Å². The van der Waals surface area contributed by atoms with Gasteiger partial charge in [0.1, 0.15) is 4.21 Å². The van der Waals surface area contributed by atoms with Crippen molar-refractivity contribution in [3.8, 4) is 0 Å². The molecule has 1 aromatic rings. The lowest BCUT2D eigenvalue weighted by atomic mass is 10.1. The molecule has 0 N–H and O–H groups in total. The number of hydrogen-bond acceptors (Lipinski definition) is 4. The first-order valence-electron chi connectivity index (χ1n) is 5.94. The van der Waals surface area contributed by atoms with E-state index in [1.54, 1.807) is 10.4 Å². The molecule has 0 radical (unpaired) electrons. The van der Waals surface area contributed by atoms with Gasteiger partial charge in [-0.1, -0.05) is 0 Å². The van der Waals surface area contributed by atoms with Gasteiger partial charge in [0.15, 0.2) is 0 Å². The Bertz CT molecular complexity index is 533. The zero-order chi connectivity index (χ0) is 13.6. The molecule has 1 aliphatic rings. The van der Waals surface area contributed by atoms with Gasteiger partial charge < -0.3 is 4.74 Å². The first-order chi connectivity index (χ1) is 8.23. The molecule has 1 fully saturated rings. The molecule has 0 saturated carbocycles. The van der Waals surface area contributed by atoms with Crippen molar-refractivity contribution in [2.24, 2.45) is 0 Å². The third kappa shape index (κ3) is 2.47. The fourth-order valence-corrected chi connectivity index (χ4v) is 5.28. The molecule has 4 nitrogen and oxygen atoms in total. The smallest absolute Gasteiger partial charge is 0.253 e. The van der Waals surface area contributed by atoms with Crippen LogP contribution in [0, 0.1) is 6.92 Å². The van der Waals surface area contributed by atoms with Crippen LogP contribution < -0.4 is 0 Å². The Morgan fingerprint density at radius 2 is 2.11 bits per heavy atom. The van der Waals surface area contributed by atoms with E-state index >= 15 is 0 Å². The van der Waals surface area contributed by atoms with Gasteiger partial charge in [-0.25, -0.2) is 8.42 Å². The molecule has 0 spiro atoms. The summed E-state index contributed by atoms with van der Waals surface area (Å²) in [5.41, 5.74) is -0.497. The van der Waals surface area contributed by atoms with Crippen molar-refractivity contribution in [2.45, 2.75) is 43.5 Å². The van der Waals surface area contributed by atoms with Crippen molar-refractivity contribution in [1.82, 2.24) is 4.31 Å². The SMILES string of the molecule is Cc1ccc(S(=O)(=O)N2C[C@H](C)OCC2(C)C)s1. The lowest BCUT2D eigenvalue weighted by Crippen LogP contribution is -2.57. The van der Waals surface area contributed by atoms with Gasteiger partial charge in [0, 0.05) is 11.4 Å². The molecule has 0 amide bonds. The van der Waals surface area contributed by atoms with E-state index in [2.05, 4.69) is 0 Å². The maximum Gasteiger partial charge on any atom is 0.253 e. The van der Waals surface area contributed by atoms with Crippen LogP contribution >= 0.6 is 11.3 Å². The maximum atomic E-state index is 12.6. The van der Waals surface area contributed by atoms with Crippen molar-refractivity contribution < 1.29 is 13.2 Å². The zero-order valence-electron chi connectivity index (χ0n) is 11.1. The number of sulfonamides is 1. The van der Waals surface area contributed by atoms with E-state index in [-0.39, 0.29) is 6.10 Å². The second kappa shape index (κ2) is 4.59. The van der Waals surface area contributed by atoms with Gasteiger partial charge in [-0.3, -0.25) is 0 Å². The Morgan fingerprint density at radius 1 is 1.44 bits per heavy atom. The molecular formula is C12H19NO3S2. The van der Waals surface area contributed by atoms with Crippen LogP contribution in [0.5, 0.6) is 0 Å². The van der Waals surface area contributed by atoms with Crippen LogP contribution in [-0.2, 0) is 14.8 Å². The summed E-state index contributed by atoms with van der Waals surface area (Å²) in [6, 6.07) is 3.53. The van der Waals surface area contributed by atoms with Crippen molar-refractivity contribution in [3.05, 3.63) is 17.0 Å². The van der Waals surface area contributed by atoms with Crippen molar-refractivity contribution in [3.63, 3.8) is 0 Å². The number of nitrogens with zero attached hydrogens (tertiary/aromatic N) is 1. The third-order valence-corrected chi connectivity index (χ3v) is 6.62. The Labute approximate surface area is 113 Å². The number of hydrogen-bond donors (Lipinski definition) is 0. The molecule has 1 saturated heterocycles. The molecular weight excluding hydrogens is 270 g/mol. The van der Waals surface area contributed by atoms with E-state index in [0.717, 1.165) is 4.88 Å². The lowest BCUT2D eigenvalue weighted by molar-refractivity contribution is -0.0550. The van der Waals surface area contributed by atoms with E-state index in [4.69, 9.17) is 4.74 Å². The van der Waals surface area contributed by atoms with Gasteiger partial charge in [0.2, 0.25) is 0 Å². The summed E-state index contributed by atoms with van der Waals surface area (Å²) in [6.45, 7) is 8.45. The quantitative estimate of drug-likeness (QED) is 0.839. The fourth-order valence-electron chi connectivity index (χ4n) is 2.03. The Balaban J connectivity index is 2.39. The summed E-state index contributed by atoms with van der Waals surface area (Å²) >= 11 is 1.32. The zero-order valence-corrected chi connectivity index (χ0v) is 12.8. The molecule has 1 atom stereocenters. The van der Waals surface area contributed by atoms with Gasteiger partial charge in [-0.15, -0.1) is 11.3 Å². The minimum Gasteiger partial charge on any atom is -0.375 e. The molecule has 6 heteroatoms. The third-order valence-electron chi connectivity index (χ3n) is 3.08. The van der Waals surface area contributed by atoms with Crippen LogP contribution in [0.15, 0.2) is 16.3 Å². The molecule has 2 rings (SSSR count). The largest absolute Gasteiger partial charge is 0.375 e. The number of rotatable bonds is 2. The van der Waals surface area contributed by atoms with Gasteiger partial charge in [0.05, 0.1) is 18.2 Å². The van der Waals surface area contributed by atoms with Gasteiger partial charge >= 0.3 is 0 Å². The fraction of sp³-hybridized carbons (Fsp3) is 0.667. The summed E-state index contributed by atoms with van der Waals surface area (Å²) in [5, 5.41) is 0. The molecule has 18 heavy (non-hydrogen) atoms. The van der Waals surface area contributed by atoms with E-state index in [1.807, 2.05) is 33.8 Å². The van der Waals surface area contributed by atoms with Crippen LogP contribution in [0.1, 0.15) is 25.6 Å². The molecule has 0 aliphatic carbocycles. The second-order valence-electron chi connectivity index (χ2n) is 5.34. The number of aryl methyl sites for hydroxylation is 1. The van der Waals surface area contributed by atoms with Crippen molar-refractivity contribution >= 4 is 21.4 Å². The summed E-state index contributed by atoms with van der Waals surface area (Å²) in [4.78, 5) is 1.01. The minimum absolute atomic E-state index is 0.0612. The molecule has 1 aliphatic heterocycles. The van der Waals surface area contributed by atoms with E-state index < -0.39 is 15.6 Å². The molecule has 0 bridgehead atoms. The summed E-state index contributed by atoms with van der Waals surface area (Å²) in [5.74, 6) is 0. The monoisotopic (exact) mass is 289 g/mol. The number of thiophene rings is 1. The van der Waals surface area contributed by atoms with Crippen LogP contribution in [0.2, 0.25) is 0 Å². The van der Waals surface area contributed by atoms with Crippen LogP contribution in [0.25, 0.3) is 0 Å². The van der Waals surface area contributed by atoms with Crippen LogP contribution in [-0.4, -0.2) is 37.5 Å². The predicted molar refractivity (Wildman–Crippen MR) is 72.4 cm³/mol. The molecule has 0 aromatic carbocycles. The van der Waals surface area contributed by atoms with Gasteiger partial charge in [0.25, 0.3) is 10.0 Å². The summed E-state index contributed by atoms with van der Waals surface area (Å²) in [7, 11) is -3.41. The molecule has 1 aromatic heterocycles. The normalized spacial score (nSPS) is 25.2. The molecule has 2 heterocycles. The lowest BCUT2D eigenvalue weighted by Gasteiger charge is -2.43. The average Bonchev–Trinajstić information content (AvgIpc) is 2.69. The molecule has 0 unspecified atom stereocenters. The van der Waals surface area contributed by atoms with Gasteiger partial charge in [-0.05, 0) is 39.8 Å². The van der Waals surface area contributed by atoms with Gasteiger partial charge in [-0.2, -0.15) is 4.31 Å². The van der Waals surface area contributed by atoms with Crippen molar-refractivity contribution in [1.29, 1.82) is 0 Å². The topological polar surface area (TPSA) is 46.6 Å². The summed E-state index contributed by atoms with van der Waals surface area (Å²) < 4.78 is 32.8. The predicted octanol–water partition coefficient (Wildman–Crippen LogP) is 2.24. The highest BCUT2D eigenvalue weighted by atomic mass is 32.2. The number of ether oxygens (including phenoxy) is 1. The Kier molecular flexibility index (Phi) is 3.57. The Morgan fingerprint density at radius 3 is 2.67 bits per heavy atom. The maximum absolute atomic E-state index is 12.6. The van der Waals surface area contributed by atoms with Crippen LogP contribution in [0.4, 0.5) is 0 Å². The first-order valence-corrected chi connectivity index (χ1v) is 8.20. The first kappa shape index (κ1) is 14.0. The standard InChI is InChI=1S/C12H19NO3S2/c1-9-7-13(12(3,4)8-16-9)18(14,15)11-6-5-10(2)17-11/h5-6,9H,7-8H2,1-4H3/t9-/m0/s1. The second-order valence-corrected chi connectivity index (χ2v) is 8.71. The summed E-state index contributed by atoms with van der Waals surface area (Å²) in [6.07, 6.45) is -0.0612. The Hall–Kier alpha value is -0.430. The highest BCUT2D eigenvalue weighted by Crippen LogP contribution is 2.32. The average molecular weight is 289 g/mol. The highest BCUT2D eigenvalue weighted by molar-refractivity contribution is 7.91. The van der Waals surface area contributed by atoms with Crippen molar-refractivity contribution in [2.75, 3.05) is 13.2 Å². The van der Waals surface area contributed by atoms with E-state index in [9.17, 15) is 8.42 Å². The number of morpholine rings is 1. The highest BCUT2D eigenvalue weighted by Gasteiger charge is 2.42. The minimum atomic E-state index is -3.41. The van der Waals surface area contributed by atoms with E-state index in [1.165, 1.54) is 11.3 Å².